The molecular formula is C21H24N2O3. The summed E-state index contributed by atoms with van der Waals surface area (Å²) in [6.07, 6.45) is 2.34. The second-order valence-corrected chi connectivity index (χ2v) is 6.99. The Morgan fingerprint density at radius 1 is 1.12 bits per heavy atom. The van der Waals surface area contributed by atoms with Crippen LogP contribution >= 0.6 is 0 Å². The van der Waals surface area contributed by atoms with E-state index in [0.29, 0.717) is 0 Å². The molecule has 1 spiro atoms. The van der Waals surface area contributed by atoms with Gasteiger partial charge in [-0.25, -0.2) is 4.79 Å². The molecule has 136 valence electrons. The number of para-hydroxylation sites is 1. The van der Waals surface area contributed by atoms with Crippen molar-refractivity contribution in [3.63, 3.8) is 0 Å². The van der Waals surface area contributed by atoms with Gasteiger partial charge < -0.3 is 14.4 Å². The van der Waals surface area contributed by atoms with Gasteiger partial charge in [0.1, 0.15) is 11.4 Å². The molecule has 2 heterocycles. The smallest absolute Gasteiger partial charge is 0.412 e. The number of rotatable bonds is 4. The number of nitrogens with one attached hydrogen (secondary N) is 1. The Bertz CT molecular complexity index is 780. The van der Waals surface area contributed by atoms with Crippen molar-refractivity contribution in [2.24, 2.45) is 0 Å². The van der Waals surface area contributed by atoms with Gasteiger partial charge in [0.15, 0.2) is 0 Å². The number of methoxy groups -OCH3 is 1. The summed E-state index contributed by atoms with van der Waals surface area (Å²) in [5.74, 6) is 0.889. The van der Waals surface area contributed by atoms with Gasteiger partial charge in [0.2, 0.25) is 0 Å². The number of carbonyl (C=O) groups is 1. The summed E-state index contributed by atoms with van der Waals surface area (Å²) < 4.78 is 11.0. The minimum absolute atomic E-state index is 0.338. The Labute approximate surface area is 153 Å². The number of hydrogen-bond acceptors (Lipinski definition) is 4. The van der Waals surface area contributed by atoms with Gasteiger partial charge in [-0.1, -0.05) is 30.3 Å². The molecule has 0 radical (unpaired) electrons. The lowest BCUT2D eigenvalue weighted by Gasteiger charge is -2.44. The van der Waals surface area contributed by atoms with E-state index in [0.717, 1.165) is 55.9 Å². The summed E-state index contributed by atoms with van der Waals surface area (Å²) in [7, 11) is 1.68. The Morgan fingerprint density at radius 3 is 2.58 bits per heavy atom. The van der Waals surface area contributed by atoms with Crippen LogP contribution in [0.25, 0.3) is 0 Å². The van der Waals surface area contributed by atoms with E-state index in [4.69, 9.17) is 9.47 Å². The Morgan fingerprint density at radius 2 is 1.85 bits per heavy atom. The lowest BCUT2D eigenvalue weighted by Crippen LogP contribution is -2.48. The van der Waals surface area contributed by atoms with E-state index in [2.05, 4.69) is 28.4 Å². The minimum Gasteiger partial charge on any atom is -0.497 e. The van der Waals surface area contributed by atoms with E-state index in [-0.39, 0.29) is 6.09 Å². The molecule has 5 nitrogen and oxygen atoms in total. The number of likely N-dealkylation sites (tertiary alicyclic amines) is 1. The number of amides is 1. The van der Waals surface area contributed by atoms with E-state index >= 15 is 0 Å². The van der Waals surface area contributed by atoms with Crippen molar-refractivity contribution in [1.29, 1.82) is 0 Å². The summed E-state index contributed by atoms with van der Waals surface area (Å²) >= 11 is 0. The number of hydrogen-bond donors (Lipinski definition) is 1. The number of anilines is 1. The average molecular weight is 352 g/mol. The van der Waals surface area contributed by atoms with Gasteiger partial charge in [-0.05, 0) is 30.2 Å². The molecule has 0 aliphatic carbocycles. The molecule has 0 unspecified atom stereocenters. The van der Waals surface area contributed by atoms with Crippen molar-refractivity contribution in [2.75, 3.05) is 32.1 Å². The fraction of sp³-hybridized carbons (Fsp3) is 0.381. The molecule has 1 amide bonds. The lowest BCUT2D eigenvalue weighted by atomic mass is 9.82. The number of benzene rings is 2. The number of carbonyl (C=O) groups excluding carboxylic acids is 1. The first-order chi connectivity index (χ1) is 12.7. The largest absolute Gasteiger partial charge is 0.497 e. The van der Waals surface area contributed by atoms with Crippen molar-refractivity contribution < 1.29 is 14.3 Å². The van der Waals surface area contributed by atoms with Crippen LogP contribution in [-0.4, -0.2) is 37.7 Å². The first-order valence-corrected chi connectivity index (χ1v) is 9.13. The predicted octanol–water partition coefficient (Wildman–Crippen LogP) is 3.79. The minimum atomic E-state index is -0.477. The van der Waals surface area contributed by atoms with Crippen LogP contribution in [0, 0.1) is 0 Å². The standard InChI is InChI=1S/C21H24N2O3/c1-25-17-8-6-16(7-9-17)10-13-23-14-11-21(12-15-23)18-4-2-3-5-19(18)22-20(24)26-21/h2-9H,10-15H2,1H3,(H,22,24). The first kappa shape index (κ1) is 16.9. The Hall–Kier alpha value is -2.53. The van der Waals surface area contributed by atoms with E-state index < -0.39 is 5.60 Å². The molecule has 2 aromatic rings. The number of ether oxygens (including phenoxy) is 2. The second kappa shape index (κ2) is 7.00. The molecule has 2 aromatic carbocycles. The van der Waals surface area contributed by atoms with Crippen molar-refractivity contribution in [1.82, 2.24) is 4.90 Å². The highest BCUT2D eigenvalue weighted by atomic mass is 16.6. The van der Waals surface area contributed by atoms with Crippen LogP contribution < -0.4 is 10.1 Å². The summed E-state index contributed by atoms with van der Waals surface area (Å²) in [6.45, 7) is 2.87. The van der Waals surface area contributed by atoms with Gasteiger partial charge in [0.25, 0.3) is 0 Å². The monoisotopic (exact) mass is 352 g/mol. The third kappa shape index (κ3) is 3.27. The highest BCUT2D eigenvalue weighted by molar-refractivity contribution is 5.88. The van der Waals surface area contributed by atoms with Crippen LogP contribution in [0.3, 0.4) is 0 Å². The average Bonchev–Trinajstić information content (AvgIpc) is 2.68. The van der Waals surface area contributed by atoms with Crippen LogP contribution in [0.4, 0.5) is 10.5 Å². The van der Waals surface area contributed by atoms with Gasteiger partial charge in [0.05, 0.1) is 12.8 Å². The van der Waals surface area contributed by atoms with Crippen LogP contribution in [0.5, 0.6) is 5.75 Å². The quantitative estimate of drug-likeness (QED) is 0.909. The topological polar surface area (TPSA) is 50.8 Å². The number of fused-ring (bicyclic) bond motifs is 2. The van der Waals surface area contributed by atoms with E-state index in [1.165, 1.54) is 5.56 Å². The molecule has 1 N–H and O–H groups in total. The number of piperidine rings is 1. The molecule has 0 aromatic heterocycles. The fourth-order valence-corrected chi connectivity index (χ4v) is 3.95. The van der Waals surface area contributed by atoms with Gasteiger partial charge in [-0.15, -0.1) is 0 Å². The van der Waals surface area contributed by atoms with Gasteiger partial charge in [0, 0.05) is 38.0 Å². The van der Waals surface area contributed by atoms with Crippen molar-refractivity contribution >= 4 is 11.8 Å². The molecule has 1 saturated heterocycles. The predicted molar refractivity (Wildman–Crippen MR) is 101 cm³/mol. The van der Waals surface area contributed by atoms with E-state index in [9.17, 15) is 4.79 Å². The molecule has 1 fully saturated rings. The van der Waals surface area contributed by atoms with Gasteiger partial charge in [-0.2, -0.15) is 0 Å². The molecule has 0 atom stereocenters. The van der Waals surface area contributed by atoms with E-state index in [1.54, 1.807) is 7.11 Å². The zero-order valence-electron chi connectivity index (χ0n) is 15.0. The molecule has 0 bridgehead atoms. The molecule has 5 heteroatoms. The summed E-state index contributed by atoms with van der Waals surface area (Å²) in [4.78, 5) is 14.4. The highest BCUT2D eigenvalue weighted by Gasteiger charge is 2.44. The fourth-order valence-electron chi connectivity index (χ4n) is 3.95. The van der Waals surface area contributed by atoms with Crippen molar-refractivity contribution in [3.05, 3.63) is 59.7 Å². The molecule has 0 saturated carbocycles. The van der Waals surface area contributed by atoms with Crippen LogP contribution in [-0.2, 0) is 16.8 Å². The second-order valence-electron chi connectivity index (χ2n) is 6.99. The van der Waals surface area contributed by atoms with Crippen LogP contribution in [0.1, 0.15) is 24.0 Å². The normalized spacial score (nSPS) is 18.7. The first-order valence-electron chi connectivity index (χ1n) is 9.13. The Kier molecular flexibility index (Phi) is 4.55. The maximum absolute atomic E-state index is 12.0. The zero-order chi connectivity index (χ0) is 18.0. The SMILES string of the molecule is COc1ccc(CCN2CCC3(CC2)OC(=O)Nc2ccccc23)cc1. The summed E-state index contributed by atoms with van der Waals surface area (Å²) in [6, 6.07) is 16.2. The maximum atomic E-state index is 12.0. The summed E-state index contributed by atoms with van der Waals surface area (Å²) in [5, 5.41) is 2.81. The maximum Gasteiger partial charge on any atom is 0.412 e. The molecule has 2 aliphatic rings. The lowest BCUT2D eigenvalue weighted by molar-refractivity contribution is -0.0375. The Balaban J connectivity index is 1.39. The van der Waals surface area contributed by atoms with Gasteiger partial charge in [-0.3, -0.25) is 5.32 Å². The van der Waals surface area contributed by atoms with E-state index in [1.807, 2.05) is 30.3 Å². The number of nitrogens with zero attached hydrogens (tertiary/aromatic N) is 1. The third-order valence-corrected chi connectivity index (χ3v) is 5.48. The zero-order valence-corrected chi connectivity index (χ0v) is 15.0. The van der Waals surface area contributed by atoms with Crippen molar-refractivity contribution in [3.8, 4) is 5.75 Å². The molecule has 26 heavy (non-hydrogen) atoms. The molecule has 2 aliphatic heterocycles. The summed E-state index contributed by atoms with van der Waals surface area (Å²) in [5.41, 5.74) is 2.82. The molecular weight excluding hydrogens is 328 g/mol. The van der Waals surface area contributed by atoms with Crippen LogP contribution in [0.15, 0.2) is 48.5 Å². The molecule has 4 rings (SSSR count). The highest BCUT2D eigenvalue weighted by Crippen LogP contribution is 2.43. The van der Waals surface area contributed by atoms with Gasteiger partial charge >= 0.3 is 6.09 Å². The third-order valence-electron chi connectivity index (χ3n) is 5.48. The van der Waals surface area contributed by atoms with Crippen molar-refractivity contribution in [2.45, 2.75) is 24.9 Å². The van der Waals surface area contributed by atoms with Crippen LogP contribution in [0.2, 0.25) is 0 Å².